The minimum absolute atomic E-state index is 0.301. The van der Waals surface area contributed by atoms with Gasteiger partial charge in [-0.25, -0.2) is 4.79 Å². The van der Waals surface area contributed by atoms with Crippen LogP contribution in [0.5, 0.6) is 0 Å². The molecular weight excluding hydrogens is 298 g/mol. The fourth-order valence-corrected chi connectivity index (χ4v) is 2.41. The van der Waals surface area contributed by atoms with Crippen LogP contribution in [0.25, 0.3) is 0 Å². The summed E-state index contributed by atoms with van der Waals surface area (Å²) in [6, 6.07) is 6.81. The Balaban J connectivity index is 1.92. The molecule has 1 aromatic heterocycles. The fraction of sp³-hybridized carbons (Fsp3) is 0.231. The standard InChI is InChI=1S/C13H14ClN3O2S/c1-20-8-9-6-10(2-3-12(9)14)16-13(18)15-7-11-4-5-19-17-11/h2-6H,7-8H2,1H3,(H2,15,16,18). The van der Waals surface area contributed by atoms with Crippen LogP contribution in [-0.4, -0.2) is 17.4 Å². The number of halogens is 1. The van der Waals surface area contributed by atoms with Gasteiger partial charge in [0.25, 0.3) is 0 Å². The van der Waals surface area contributed by atoms with Crippen LogP contribution in [0.2, 0.25) is 5.02 Å². The van der Waals surface area contributed by atoms with E-state index in [-0.39, 0.29) is 6.03 Å². The molecule has 0 aliphatic heterocycles. The Morgan fingerprint density at radius 1 is 1.45 bits per heavy atom. The molecule has 5 nitrogen and oxygen atoms in total. The lowest BCUT2D eigenvalue weighted by molar-refractivity contribution is 0.251. The normalized spacial score (nSPS) is 10.3. The number of anilines is 1. The predicted molar refractivity (Wildman–Crippen MR) is 81.0 cm³/mol. The van der Waals surface area contributed by atoms with Crippen LogP contribution in [0.3, 0.4) is 0 Å². The van der Waals surface area contributed by atoms with Gasteiger partial charge in [0, 0.05) is 22.5 Å². The van der Waals surface area contributed by atoms with Crippen molar-refractivity contribution in [3.8, 4) is 0 Å². The maximum absolute atomic E-state index is 11.7. The number of carbonyl (C=O) groups is 1. The number of rotatable bonds is 5. The number of aromatic nitrogens is 1. The van der Waals surface area contributed by atoms with Crippen molar-refractivity contribution in [1.29, 1.82) is 0 Å². The van der Waals surface area contributed by atoms with Gasteiger partial charge in [-0.3, -0.25) is 0 Å². The maximum atomic E-state index is 11.7. The molecule has 0 saturated heterocycles. The van der Waals surface area contributed by atoms with Gasteiger partial charge < -0.3 is 15.2 Å². The fourth-order valence-electron chi connectivity index (χ4n) is 1.59. The van der Waals surface area contributed by atoms with Crippen LogP contribution in [0, 0.1) is 0 Å². The Bertz CT molecular complexity index is 575. The summed E-state index contributed by atoms with van der Waals surface area (Å²) < 4.78 is 4.68. The molecule has 1 aromatic carbocycles. The van der Waals surface area contributed by atoms with E-state index in [1.165, 1.54) is 6.26 Å². The second-order valence-corrected chi connectivity index (χ2v) is 5.31. The van der Waals surface area contributed by atoms with Crippen LogP contribution in [0.4, 0.5) is 10.5 Å². The summed E-state index contributed by atoms with van der Waals surface area (Å²) in [4.78, 5) is 11.7. The van der Waals surface area contributed by atoms with Crippen molar-refractivity contribution in [2.45, 2.75) is 12.3 Å². The van der Waals surface area contributed by atoms with Gasteiger partial charge in [-0.1, -0.05) is 16.8 Å². The summed E-state index contributed by atoms with van der Waals surface area (Å²) in [5, 5.41) is 9.85. The molecule has 0 atom stereocenters. The van der Waals surface area contributed by atoms with E-state index in [9.17, 15) is 4.79 Å². The van der Waals surface area contributed by atoms with Crippen LogP contribution in [0.15, 0.2) is 35.1 Å². The Kier molecular flexibility index (Phi) is 5.31. The lowest BCUT2D eigenvalue weighted by atomic mass is 10.2. The summed E-state index contributed by atoms with van der Waals surface area (Å²) in [6.07, 6.45) is 3.46. The number of urea groups is 1. The molecule has 0 spiro atoms. The second kappa shape index (κ2) is 7.21. The molecule has 2 N–H and O–H groups in total. The van der Waals surface area contributed by atoms with Gasteiger partial charge >= 0.3 is 6.03 Å². The van der Waals surface area contributed by atoms with Crippen molar-refractivity contribution in [2.24, 2.45) is 0 Å². The molecule has 2 aromatic rings. The van der Waals surface area contributed by atoms with Crippen molar-refractivity contribution in [3.05, 3.63) is 46.8 Å². The molecule has 7 heteroatoms. The zero-order chi connectivity index (χ0) is 14.4. The largest absolute Gasteiger partial charge is 0.364 e. The molecule has 0 fully saturated rings. The highest BCUT2D eigenvalue weighted by Crippen LogP contribution is 2.23. The number of nitrogens with one attached hydrogen (secondary N) is 2. The Morgan fingerprint density at radius 3 is 3.00 bits per heavy atom. The summed E-state index contributed by atoms with van der Waals surface area (Å²) >= 11 is 7.75. The molecule has 0 bridgehead atoms. The van der Waals surface area contributed by atoms with Gasteiger partial charge in [0.2, 0.25) is 0 Å². The smallest absolute Gasteiger partial charge is 0.319 e. The zero-order valence-electron chi connectivity index (χ0n) is 10.9. The summed E-state index contributed by atoms with van der Waals surface area (Å²) in [7, 11) is 0. The van der Waals surface area contributed by atoms with E-state index in [0.29, 0.717) is 22.9 Å². The highest BCUT2D eigenvalue weighted by Gasteiger charge is 2.06. The Hall–Kier alpha value is -1.66. The van der Waals surface area contributed by atoms with Crippen molar-refractivity contribution in [3.63, 3.8) is 0 Å². The summed E-state index contributed by atoms with van der Waals surface area (Å²) in [6.45, 7) is 0.313. The second-order valence-electron chi connectivity index (χ2n) is 4.04. The monoisotopic (exact) mass is 311 g/mol. The molecule has 2 amide bonds. The number of benzene rings is 1. The van der Waals surface area contributed by atoms with Crippen molar-refractivity contribution >= 4 is 35.1 Å². The van der Waals surface area contributed by atoms with Crippen LogP contribution in [0.1, 0.15) is 11.3 Å². The first-order chi connectivity index (χ1) is 9.69. The Labute approximate surface area is 126 Å². The van der Waals surface area contributed by atoms with Gasteiger partial charge in [-0.15, -0.1) is 0 Å². The molecule has 106 valence electrons. The quantitative estimate of drug-likeness (QED) is 0.886. The molecular formula is C13H14ClN3O2S. The lowest BCUT2D eigenvalue weighted by Gasteiger charge is -2.09. The average molecular weight is 312 g/mol. The van der Waals surface area contributed by atoms with Crippen molar-refractivity contribution in [1.82, 2.24) is 10.5 Å². The van der Waals surface area contributed by atoms with E-state index in [1.54, 1.807) is 30.0 Å². The molecule has 0 unspecified atom stereocenters. The van der Waals surface area contributed by atoms with Gasteiger partial charge in [-0.05, 0) is 30.0 Å². The van der Waals surface area contributed by atoms with Gasteiger partial charge in [-0.2, -0.15) is 11.8 Å². The van der Waals surface area contributed by atoms with Gasteiger partial charge in [0.1, 0.15) is 12.0 Å². The Morgan fingerprint density at radius 2 is 2.30 bits per heavy atom. The zero-order valence-corrected chi connectivity index (χ0v) is 12.4. The van der Waals surface area contributed by atoms with E-state index in [4.69, 9.17) is 11.6 Å². The number of carbonyl (C=O) groups excluding carboxylic acids is 1. The third kappa shape index (κ3) is 4.18. The van der Waals surface area contributed by atoms with E-state index in [2.05, 4.69) is 20.3 Å². The predicted octanol–water partition coefficient (Wildman–Crippen LogP) is 3.51. The first-order valence-corrected chi connectivity index (χ1v) is 7.67. The summed E-state index contributed by atoms with van der Waals surface area (Å²) in [5.74, 6) is 0.801. The number of nitrogens with zero attached hydrogens (tertiary/aromatic N) is 1. The maximum Gasteiger partial charge on any atom is 0.319 e. The van der Waals surface area contributed by atoms with Crippen molar-refractivity contribution < 1.29 is 9.32 Å². The first kappa shape index (κ1) is 14.7. The van der Waals surface area contributed by atoms with E-state index < -0.39 is 0 Å². The third-order valence-electron chi connectivity index (χ3n) is 2.52. The molecule has 0 aliphatic carbocycles. The summed E-state index contributed by atoms with van der Waals surface area (Å²) in [5.41, 5.74) is 2.36. The SMILES string of the molecule is CSCc1cc(NC(=O)NCc2ccon2)ccc1Cl. The van der Waals surface area contributed by atoms with E-state index in [1.807, 2.05) is 12.3 Å². The molecule has 0 aliphatic rings. The highest BCUT2D eigenvalue weighted by molar-refractivity contribution is 7.97. The average Bonchev–Trinajstić information content (AvgIpc) is 2.94. The van der Waals surface area contributed by atoms with E-state index in [0.717, 1.165) is 11.3 Å². The molecule has 0 radical (unpaired) electrons. The number of hydrogen-bond donors (Lipinski definition) is 2. The molecule has 2 rings (SSSR count). The lowest BCUT2D eigenvalue weighted by Crippen LogP contribution is -2.28. The van der Waals surface area contributed by atoms with Gasteiger partial charge in [0.05, 0.1) is 6.54 Å². The van der Waals surface area contributed by atoms with Crippen LogP contribution < -0.4 is 10.6 Å². The number of amides is 2. The third-order valence-corrected chi connectivity index (χ3v) is 3.49. The first-order valence-electron chi connectivity index (χ1n) is 5.90. The molecule has 1 heterocycles. The highest BCUT2D eigenvalue weighted by atomic mass is 35.5. The topological polar surface area (TPSA) is 67.2 Å². The minimum atomic E-state index is -0.301. The van der Waals surface area contributed by atoms with Crippen LogP contribution >= 0.6 is 23.4 Å². The number of thioether (sulfide) groups is 1. The van der Waals surface area contributed by atoms with E-state index >= 15 is 0 Å². The number of hydrogen-bond acceptors (Lipinski definition) is 4. The minimum Gasteiger partial charge on any atom is -0.364 e. The molecule has 20 heavy (non-hydrogen) atoms. The van der Waals surface area contributed by atoms with Crippen molar-refractivity contribution in [2.75, 3.05) is 11.6 Å². The molecule has 0 saturated carbocycles. The van der Waals surface area contributed by atoms with Gasteiger partial charge in [0.15, 0.2) is 0 Å². The van der Waals surface area contributed by atoms with Crippen LogP contribution in [-0.2, 0) is 12.3 Å².